The predicted molar refractivity (Wildman–Crippen MR) is 192 cm³/mol. The molecule has 1 aromatic heterocycles. The van der Waals surface area contributed by atoms with Crippen molar-refractivity contribution < 1.29 is 29.3 Å². The molecular formula is C40H39N3O6S. The van der Waals surface area contributed by atoms with Crippen molar-refractivity contribution in [2.75, 3.05) is 5.75 Å². The van der Waals surface area contributed by atoms with Gasteiger partial charge in [-0.3, -0.25) is 0 Å². The number of urea groups is 1. The second-order valence-electron chi connectivity index (χ2n) is 12.1. The maximum Gasteiger partial charge on any atom is 0.338 e. The van der Waals surface area contributed by atoms with Gasteiger partial charge in [-0.2, -0.15) is 0 Å². The van der Waals surface area contributed by atoms with E-state index < -0.39 is 12.3 Å². The van der Waals surface area contributed by atoms with Gasteiger partial charge in [-0.25, -0.2) is 14.6 Å². The summed E-state index contributed by atoms with van der Waals surface area (Å²) < 4.78 is 13.2. The Hall–Kier alpha value is -5.00. The Kier molecular flexibility index (Phi) is 11.6. The van der Waals surface area contributed by atoms with Crippen LogP contribution >= 0.6 is 11.8 Å². The van der Waals surface area contributed by atoms with Crippen molar-refractivity contribution in [3.05, 3.63) is 155 Å². The average molecular weight is 690 g/mol. The van der Waals surface area contributed by atoms with Crippen LogP contribution < -0.4 is 10.6 Å². The van der Waals surface area contributed by atoms with Crippen LogP contribution in [0.15, 0.2) is 126 Å². The molecule has 9 nitrogen and oxygen atoms in total. The summed E-state index contributed by atoms with van der Waals surface area (Å²) in [6.07, 6.45) is 0.345. The minimum Gasteiger partial charge on any atom is -0.478 e. The second kappa shape index (κ2) is 16.6. The number of aliphatic hydroxyl groups is 1. The topological polar surface area (TPSA) is 130 Å². The van der Waals surface area contributed by atoms with E-state index in [-0.39, 0.29) is 36.3 Å². The number of amides is 2. The first kappa shape index (κ1) is 34.8. The summed E-state index contributed by atoms with van der Waals surface area (Å²) in [7, 11) is 0. The molecule has 4 N–H and O–H groups in total. The Balaban J connectivity index is 1.15. The minimum atomic E-state index is -1.02. The highest BCUT2D eigenvalue weighted by Crippen LogP contribution is 2.43. The van der Waals surface area contributed by atoms with Crippen LogP contribution in [0.4, 0.5) is 4.79 Å². The van der Waals surface area contributed by atoms with Gasteiger partial charge in [0.15, 0.2) is 6.29 Å². The number of ether oxygens (including phenoxy) is 2. The predicted octanol–water partition coefficient (Wildman–Crippen LogP) is 7.52. The molecule has 10 heteroatoms. The third-order valence-corrected chi connectivity index (χ3v) is 9.80. The van der Waals surface area contributed by atoms with Crippen molar-refractivity contribution in [3.8, 4) is 11.1 Å². The number of carbonyl (C=O) groups is 2. The average Bonchev–Trinajstić information content (AvgIpc) is 3.16. The number of carboxylic acids is 1. The van der Waals surface area contributed by atoms with Gasteiger partial charge in [0.1, 0.15) is 5.03 Å². The molecule has 50 heavy (non-hydrogen) atoms. The molecule has 1 saturated heterocycles. The highest BCUT2D eigenvalue weighted by molar-refractivity contribution is 7.99. The number of aromatic nitrogens is 1. The van der Waals surface area contributed by atoms with Gasteiger partial charge in [0.25, 0.3) is 0 Å². The van der Waals surface area contributed by atoms with Crippen LogP contribution in [0.3, 0.4) is 0 Å². The van der Waals surface area contributed by atoms with E-state index in [0.29, 0.717) is 23.9 Å². The molecule has 2 amide bonds. The summed E-state index contributed by atoms with van der Waals surface area (Å²) in [6, 6.07) is 36.5. The number of carbonyl (C=O) groups excluding carboxylic acids is 1. The third-order valence-electron chi connectivity index (χ3n) is 8.70. The zero-order valence-electron chi connectivity index (χ0n) is 27.6. The van der Waals surface area contributed by atoms with Crippen LogP contribution in [-0.2, 0) is 29.2 Å². The molecule has 0 spiro atoms. The van der Waals surface area contributed by atoms with Gasteiger partial charge in [-0.1, -0.05) is 104 Å². The van der Waals surface area contributed by atoms with E-state index in [1.807, 2.05) is 97.1 Å². The Bertz CT molecular complexity index is 1890. The van der Waals surface area contributed by atoms with Gasteiger partial charge in [0, 0.05) is 36.5 Å². The molecule has 4 unspecified atom stereocenters. The van der Waals surface area contributed by atoms with Crippen molar-refractivity contribution in [2.45, 2.75) is 50.1 Å². The molecular weight excluding hydrogens is 651 g/mol. The Labute approximate surface area is 295 Å². The van der Waals surface area contributed by atoms with E-state index in [0.717, 1.165) is 38.9 Å². The van der Waals surface area contributed by atoms with Gasteiger partial charge in [-0.05, 0) is 51.6 Å². The largest absolute Gasteiger partial charge is 0.478 e. The fourth-order valence-corrected chi connectivity index (χ4v) is 7.01. The lowest BCUT2D eigenvalue weighted by Crippen LogP contribution is -2.38. The molecule has 1 aliphatic rings. The first-order valence-corrected chi connectivity index (χ1v) is 17.4. The summed E-state index contributed by atoms with van der Waals surface area (Å²) in [6.45, 7) is 2.87. The Morgan fingerprint density at radius 3 is 2.18 bits per heavy atom. The zero-order chi connectivity index (χ0) is 34.9. The molecule has 0 saturated carbocycles. The van der Waals surface area contributed by atoms with Crippen LogP contribution in [0.25, 0.3) is 11.1 Å². The molecule has 2 heterocycles. The van der Waals surface area contributed by atoms with Gasteiger partial charge >= 0.3 is 12.0 Å². The fourth-order valence-electron chi connectivity index (χ4n) is 5.86. The molecule has 0 aliphatic carbocycles. The highest BCUT2D eigenvalue weighted by atomic mass is 32.2. The third kappa shape index (κ3) is 8.77. The maximum absolute atomic E-state index is 12.4. The summed E-state index contributed by atoms with van der Waals surface area (Å²) in [4.78, 5) is 28.5. The van der Waals surface area contributed by atoms with E-state index in [2.05, 4.69) is 28.6 Å². The van der Waals surface area contributed by atoms with E-state index >= 15 is 0 Å². The number of hydrogen-bond donors (Lipinski definition) is 4. The van der Waals surface area contributed by atoms with Crippen molar-refractivity contribution in [3.63, 3.8) is 0 Å². The lowest BCUT2D eigenvalue weighted by molar-refractivity contribution is -0.268. The van der Waals surface area contributed by atoms with Gasteiger partial charge < -0.3 is 30.3 Å². The first-order chi connectivity index (χ1) is 24.4. The standard InChI is InChI=1S/C40H39N3O6S/c1-26-35(25-50-37-34(38(45)46)11-6-20-41-37)48-39(49-36(26)31-14-12-28(24-44)13-15-31)32-18-16-30(17-19-32)33-10-5-9-29(21-33)23-43-40(47)42-22-27-7-3-2-4-8-27/h2-21,26,35-36,39,44H,22-25H2,1H3,(H,45,46)(H2,42,43,47). The van der Waals surface area contributed by atoms with Crippen LogP contribution in [0.1, 0.15) is 57.5 Å². The number of aromatic carboxylic acids is 1. The van der Waals surface area contributed by atoms with Crippen LogP contribution in [0, 0.1) is 5.92 Å². The quantitative estimate of drug-likeness (QED) is 0.0991. The van der Waals surface area contributed by atoms with E-state index in [1.165, 1.54) is 11.8 Å². The molecule has 4 aromatic carbocycles. The monoisotopic (exact) mass is 689 g/mol. The SMILES string of the molecule is CC1C(CSc2ncccc2C(=O)O)OC(c2ccc(-c3cccc(CNC(=O)NCc4ccccc4)c3)cc2)OC1c1ccc(CO)cc1. The van der Waals surface area contributed by atoms with E-state index in [1.54, 1.807) is 18.3 Å². The molecule has 0 bridgehead atoms. The zero-order valence-corrected chi connectivity index (χ0v) is 28.4. The summed E-state index contributed by atoms with van der Waals surface area (Å²) in [5.41, 5.74) is 6.83. The first-order valence-electron chi connectivity index (χ1n) is 16.4. The lowest BCUT2D eigenvalue weighted by Gasteiger charge is -2.41. The molecule has 256 valence electrons. The van der Waals surface area contributed by atoms with Gasteiger partial charge in [0.05, 0.1) is 24.4 Å². The number of benzene rings is 4. The number of pyridine rings is 1. The smallest absolute Gasteiger partial charge is 0.338 e. The number of nitrogens with zero attached hydrogens (tertiary/aromatic N) is 1. The normalized spacial score (nSPS) is 18.7. The molecule has 0 radical (unpaired) electrons. The number of carboxylic acid groups (broad SMARTS) is 1. The van der Waals surface area contributed by atoms with Gasteiger partial charge in [-0.15, -0.1) is 11.8 Å². The van der Waals surface area contributed by atoms with Gasteiger partial charge in [0.2, 0.25) is 0 Å². The number of rotatable bonds is 12. The molecule has 1 fully saturated rings. The second-order valence-corrected chi connectivity index (χ2v) is 13.1. The number of thioether (sulfide) groups is 1. The Morgan fingerprint density at radius 1 is 0.760 bits per heavy atom. The molecule has 1 aliphatic heterocycles. The highest BCUT2D eigenvalue weighted by Gasteiger charge is 2.38. The van der Waals surface area contributed by atoms with Crippen molar-refractivity contribution in [1.29, 1.82) is 0 Å². The van der Waals surface area contributed by atoms with Crippen LogP contribution in [0.2, 0.25) is 0 Å². The molecule has 5 aromatic rings. The van der Waals surface area contributed by atoms with Crippen molar-refractivity contribution >= 4 is 23.8 Å². The number of nitrogens with one attached hydrogen (secondary N) is 2. The maximum atomic E-state index is 12.4. The summed E-state index contributed by atoms with van der Waals surface area (Å²) in [5, 5.41) is 25.5. The van der Waals surface area contributed by atoms with Crippen LogP contribution in [0.5, 0.6) is 0 Å². The summed E-state index contributed by atoms with van der Waals surface area (Å²) in [5.74, 6) is -0.605. The van der Waals surface area contributed by atoms with Crippen molar-refractivity contribution in [1.82, 2.24) is 15.6 Å². The van der Waals surface area contributed by atoms with Crippen molar-refractivity contribution in [2.24, 2.45) is 5.92 Å². The number of aliphatic hydroxyl groups excluding tert-OH is 1. The van der Waals surface area contributed by atoms with Crippen LogP contribution in [-0.4, -0.2) is 39.1 Å². The minimum absolute atomic E-state index is 0.0435. The van der Waals surface area contributed by atoms with E-state index in [4.69, 9.17) is 9.47 Å². The molecule has 6 rings (SSSR count). The summed E-state index contributed by atoms with van der Waals surface area (Å²) >= 11 is 1.36. The molecule has 4 atom stereocenters. The fraction of sp³-hybridized carbons (Fsp3) is 0.225. The lowest BCUT2D eigenvalue weighted by atomic mass is 9.91. The van der Waals surface area contributed by atoms with E-state index in [9.17, 15) is 19.8 Å². The Morgan fingerprint density at radius 2 is 1.46 bits per heavy atom. The number of hydrogen-bond acceptors (Lipinski definition) is 7.